The lowest BCUT2D eigenvalue weighted by Crippen LogP contribution is -2.36. The summed E-state index contributed by atoms with van der Waals surface area (Å²) >= 11 is 5.99. The Kier molecular flexibility index (Phi) is 5.92. The monoisotopic (exact) mass is 384 g/mol. The number of hydrogen-bond acceptors (Lipinski definition) is 2. The van der Waals surface area contributed by atoms with E-state index >= 15 is 0 Å². The van der Waals surface area contributed by atoms with E-state index in [0.29, 0.717) is 16.3 Å². The zero-order valence-electron chi connectivity index (χ0n) is 14.0. The van der Waals surface area contributed by atoms with Gasteiger partial charge in [0, 0.05) is 23.3 Å². The third kappa shape index (κ3) is 4.76. The van der Waals surface area contributed by atoms with Gasteiger partial charge in [0.2, 0.25) is 11.8 Å². The molecule has 2 aromatic rings. The number of amides is 2. The standard InChI is InChI=1S/C18H16ClF3N2O2/c1-11-15(19)4-3-5-16(11)23-17(26)10-24(12(2)25)14-8-6-13(7-9-14)18(20,21)22/h3-9H,10H2,1-2H3,(H,23,26). The summed E-state index contributed by atoms with van der Waals surface area (Å²) in [5, 5.41) is 3.13. The first-order valence-corrected chi connectivity index (χ1v) is 7.97. The average molecular weight is 385 g/mol. The fraction of sp³-hybridized carbons (Fsp3) is 0.222. The average Bonchev–Trinajstić information content (AvgIpc) is 2.56. The first kappa shape index (κ1) is 19.8. The molecule has 0 aliphatic rings. The van der Waals surface area contributed by atoms with Gasteiger partial charge in [0.1, 0.15) is 6.54 Å². The number of halogens is 4. The molecule has 0 bridgehead atoms. The van der Waals surface area contributed by atoms with Crippen LogP contribution in [0, 0.1) is 6.92 Å². The van der Waals surface area contributed by atoms with Crippen LogP contribution in [0.3, 0.4) is 0 Å². The zero-order chi connectivity index (χ0) is 19.5. The topological polar surface area (TPSA) is 49.4 Å². The lowest BCUT2D eigenvalue weighted by Gasteiger charge is -2.21. The fourth-order valence-corrected chi connectivity index (χ4v) is 2.47. The van der Waals surface area contributed by atoms with Gasteiger partial charge in [-0.1, -0.05) is 17.7 Å². The van der Waals surface area contributed by atoms with E-state index in [1.54, 1.807) is 25.1 Å². The summed E-state index contributed by atoms with van der Waals surface area (Å²) in [6, 6.07) is 9.05. The maximum atomic E-state index is 12.6. The molecule has 1 N–H and O–H groups in total. The van der Waals surface area contributed by atoms with Crippen molar-refractivity contribution >= 4 is 34.8 Å². The van der Waals surface area contributed by atoms with Crippen molar-refractivity contribution in [3.8, 4) is 0 Å². The predicted octanol–water partition coefficient (Wildman–Crippen LogP) is 4.66. The number of benzene rings is 2. The second kappa shape index (κ2) is 7.78. The lowest BCUT2D eigenvalue weighted by molar-refractivity contribution is -0.137. The fourth-order valence-electron chi connectivity index (χ4n) is 2.29. The van der Waals surface area contributed by atoms with Gasteiger partial charge in [-0.2, -0.15) is 13.2 Å². The van der Waals surface area contributed by atoms with Crippen LogP contribution in [0.2, 0.25) is 5.02 Å². The van der Waals surface area contributed by atoms with E-state index < -0.39 is 23.6 Å². The van der Waals surface area contributed by atoms with Crippen LogP contribution in [0.4, 0.5) is 24.5 Å². The van der Waals surface area contributed by atoms with Gasteiger partial charge >= 0.3 is 6.18 Å². The van der Waals surface area contributed by atoms with E-state index in [-0.39, 0.29) is 12.2 Å². The first-order chi connectivity index (χ1) is 12.1. The number of nitrogens with one attached hydrogen (secondary N) is 1. The molecule has 2 aromatic carbocycles. The Bertz CT molecular complexity index is 820. The van der Waals surface area contributed by atoms with Crippen molar-refractivity contribution in [1.29, 1.82) is 0 Å². The van der Waals surface area contributed by atoms with Crippen LogP contribution < -0.4 is 10.2 Å². The number of anilines is 2. The maximum absolute atomic E-state index is 12.6. The molecule has 0 atom stereocenters. The van der Waals surface area contributed by atoms with Gasteiger partial charge in [-0.25, -0.2) is 0 Å². The van der Waals surface area contributed by atoms with Gasteiger partial charge in [0.05, 0.1) is 5.56 Å². The summed E-state index contributed by atoms with van der Waals surface area (Å²) in [6.07, 6.45) is -4.47. The molecule has 0 aliphatic carbocycles. The zero-order valence-corrected chi connectivity index (χ0v) is 14.8. The molecule has 0 heterocycles. The van der Waals surface area contributed by atoms with Crippen LogP contribution in [0.5, 0.6) is 0 Å². The largest absolute Gasteiger partial charge is 0.416 e. The molecule has 0 aromatic heterocycles. The van der Waals surface area contributed by atoms with E-state index in [1.165, 1.54) is 6.92 Å². The second-order valence-electron chi connectivity index (χ2n) is 5.61. The number of carbonyl (C=O) groups is 2. The minimum atomic E-state index is -4.47. The summed E-state index contributed by atoms with van der Waals surface area (Å²) in [5.41, 5.74) is 0.539. The number of carbonyl (C=O) groups excluding carboxylic acids is 2. The number of hydrogen-bond donors (Lipinski definition) is 1. The lowest BCUT2D eigenvalue weighted by atomic mass is 10.2. The van der Waals surface area contributed by atoms with E-state index in [2.05, 4.69) is 5.32 Å². The molecule has 26 heavy (non-hydrogen) atoms. The minimum Gasteiger partial charge on any atom is -0.324 e. The van der Waals surface area contributed by atoms with Crippen LogP contribution in [0.25, 0.3) is 0 Å². The molecule has 138 valence electrons. The van der Waals surface area contributed by atoms with E-state index in [1.807, 2.05) is 0 Å². The summed E-state index contributed by atoms with van der Waals surface area (Å²) < 4.78 is 37.9. The predicted molar refractivity (Wildman–Crippen MR) is 94.3 cm³/mol. The first-order valence-electron chi connectivity index (χ1n) is 7.60. The van der Waals surface area contributed by atoms with E-state index in [9.17, 15) is 22.8 Å². The van der Waals surface area contributed by atoms with Crippen molar-refractivity contribution in [2.24, 2.45) is 0 Å². The Morgan fingerprint density at radius 1 is 1.12 bits per heavy atom. The van der Waals surface area contributed by atoms with Crippen LogP contribution in [-0.2, 0) is 15.8 Å². The van der Waals surface area contributed by atoms with Crippen LogP contribution in [0.1, 0.15) is 18.1 Å². The van der Waals surface area contributed by atoms with E-state index in [0.717, 1.165) is 29.2 Å². The second-order valence-corrected chi connectivity index (χ2v) is 6.02. The van der Waals surface area contributed by atoms with E-state index in [4.69, 9.17) is 11.6 Å². The highest BCUT2D eigenvalue weighted by atomic mass is 35.5. The molecule has 2 amide bonds. The van der Waals surface area contributed by atoms with Gasteiger partial charge < -0.3 is 10.2 Å². The van der Waals surface area contributed by atoms with Crippen LogP contribution >= 0.6 is 11.6 Å². The molecule has 0 unspecified atom stereocenters. The van der Waals surface area contributed by atoms with Gasteiger partial charge in [-0.05, 0) is 48.9 Å². The molecular weight excluding hydrogens is 369 g/mol. The third-order valence-electron chi connectivity index (χ3n) is 3.73. The van der Waals surface area contributed by atoms with Gasteiger partial charge in [-0.15, -0.1) is 0 Å². The molecule has 0 saturated heterocycles. The SMILES string of the molecule is CC(=O)N(CC(=O)Nc1cccc(Cl)c1C)c1ccc(C(F)(F)F)cc1. The van der Waals surface area contributed by atoms with Crippen molar-refractivity contribution in [1.82, 2.24) is 0 Å². The van der Waals surface area contributed by atoms with Crippen LogP contribution in [-0.4, -0.2) is 18.4 Å². The molecule has 0 fully saturated rings. The maximum Gasteiger partial charge on any atom is 0.416 e. The highest BCUT2D eigenvalue weighted by Crippen LogP contribution is 2.30. The van der Waals surface area contributed by atoms with Crippen molar-refractivity contribution in [2.75, 3.05) is 16.8 Å². The van der Waals surface area contributed by atoms with Gasteiger partial charge in [0.15, 0.2) is 0 Å². The molecule has 0 aliphatic heterocycles. The molecule has 8 heteroatoms. The minimum absolute atomic E-state index is 0.198. The number of alkyl halides is 3. The third-order valence-corrected chi connectivity index (χ3v) is 4.14. The summed E-state index contributed by atoms with van der Waals surface area (Å²) in [4.78, 5) is 25.2. The van der Waals surface area contributed by atoms with Gasteiger partial charge in [0.25, 0.3) is 0 Å². The van der Waals surface area contributed by atoms with Crippen LogP contribution in [0.15, 0.2) is 42.5 Å². The van der Waals surface area contributed by atoms with Crippen molar-refractivity contribution in [3.63, 3.8) is 0 Å². The van der Waals surface area contributed by atoms with Crippen molar-refractivity contribution in [2.45, 2.75) is 20.0 Å². The van der Waals surface area contributed by atoms with Gasteiger partial charge in [-0.3, -0.25) is 9.59 Å². The number of rotatable bonds is 4. The Balaban J connectivity index is 2.16. The molecule has 2 rings (SSSR count). The Labute approximate surface area is 153 Å². The summed E-state index contributed by atoms with van der Waals surface area (Å²) in [7, 11) is 0. The molecular formula is C18H16ClF3N2O2. The normalized spacial score (nSPS) is 11.2. The molecule has 0 radical (unpaired) electrons. The quantitative estimate of drug-likeness (QED) is 0.833. The molecule has 0 saturated carbocycles. The Hall–Kier alpha value is -2.54. The smallest absolute Gasteiger partial charge is 0.324 e. The highest BCUT2D eigenvalue weighted by molar-refractivity contribution is 6.31. The summed E-state index contributed by atoms with van der Waals surface area (Å²) in [6.45, 7) is 2.62. The Morgan fingerprint density at radius 2 is 1.73 bits per heavy atom. The highest BCUT2D eigenvalue weighted by Gasteiger charge is 2.30. The van der Waals surface area contributed by atoms with Crippen molar-refractivity contribution in [3.05, 3.63) is 58.6 Å². The summed E-state index contributed by atoms with van der Waals surface area (Å²) in [5.74, 6) is -0.965. The Morgan fingerprint density at radius 3 is 2.27 bits per heavy atom. The van der Waals surface area contributed by atoms with Crippen molar-refractivity contribution < 1.29 is 22.8 Å². The number of nitrogens with zero attached hydrogens (tertiary/aromatic N) is 1. The molecule has 4 nitrogen and oxygen atoms in total. The molecule has 0 spiro atoms.